The quantitative estimate of drug-likeness (QED) is 0.516. The van der Waals surface area contributed by atoms with Crippen LogP contribution in [0.1, 0.15) is 5.76 Å². The van der Waals surface area contributed by atoms with Gasteiger partial charge in [0.2, 0.25) is 0 Å². The summed E-state index contributed by atoms with van der Waals surface area (Å²) in [4.78, 5) is 10.5. The maximum Gasteiger partial charge on any atom is 0.339 e. The number of amides is 2. The Morgan fingerprint density at radius 3 is 2.68 bits per heavy atom. The average molecular weight is 304 g/mol. The molecule has 2 aromatic rings. The molecule has 0 saturated carbocycles. The Morgan fingerprint density at radius 2 is 2.00 bits per heavy atom. The third-order valence-electron chi connectivity index (χ3n) is 2.54. The van der Waals surface area contributed by atoms with Crippen LogP contribution in [0.15, 0.2) is 40.8 Å². The van der Waals surface area contributed by atoms with Gasteiger partial charge in [0.1, 0.15) is 23.9 Å². The van der Waals surface area contributed by atoms with Crippen LogP contribution >= 0.6 is 0 Å². The molecule has 0 aliphatic carbocycles. The molecular weight excluding hydrogens is 291 g/mol. The smallest absolute Gasteiger partial charge is 0.339 e. The molecule has 0 aliphatic rings. The summed E-state index contributed by atoms with van der Waals surface area (Å²) in [5, 5.41) is 9.30. The van der Waals surface area contributed by atoms with E-state index in [1.165, 1.54) is 24.3 Å². The van der Waals surface area contributed by atoms with Gasteiger partial charge in [0, 0.05) is 6.07 Å². The molecule has 0 bridgehead atoms. The SMILES string of the molecule is NC(=O)N(O)CC#CCc1ccc(Oc2ccc(F)cc2)o1. The molecule has 7 heteroatoms. The number of urea groups is 1. The van der Waals surface area contributed by atoms with Crippen LogP contribution < -0.4 is 10.5 Å². The topological polar surface area (TPSA) is 88.9 Å². The lowest BCUT2D eigenvalue weighted by Gasteiger charge is -2.05. The third-order valence-corrected chi connectivity index (χ3v) is 2.54. The van der Waals surface area contributed by atoms with Crippen LogP contribution in [0.5, 0.6) is 11.7 Å². The molecule has 1 heterocycles. The molecule has 0 spiro atoms. The number of carbonyl (C=O) groups is 1. The largest absolute Gasteiger partial charge is 0.429 e. The maximum absolute atomic E-state index is 12.8. The molecule has 0 atom stereocenters. The number of benzene rings is 1. The van der Waals surface area contributed by atoms with Gasteiger partial charge >= 0.3 is 6.03 Å². The number of hydrogen-bond donors (Lipinski definition) is 2. The zero-order valence-corrected chi connectivity index (χ0v) is 11.5. The van der Waals surface area contributed by atoms with Crippen LogP contribution in [0, 0.1) is 17.7 Å². The number of hydrogen-bond acceptors (Lipinski definition) is 4. The van der Waals surface area contributed by atoms with Crippen LogP contribution in [-0.4, -0.2) is 22.8 Å². The monoisotopic (exact) mass is 304 g/mol. The van der Waals surface area contributed by atoms with E-state index in [0.29, 0.717) is 16.6 Å². The van der Waals surface area contributed by atoms with Gasteiger partial charge in [-0.2, -0.15) is 5.06 Å². The Kier molecular flexibility index (Phi) is 5.01. The molecule has 22 heavy (non-hydrogen) atoms. The first-order valence-electron chi connectivity index (χ1n) is 6.28. The Morgan fingerprint density at radius 1 is 1.27 bits per heavy atom. The van der Waals surface area contributed by atoms with Crippen molar-refractivity contribution in [2.24, 2.45) is 5.73 Å². The van der Waals surface area contributed by atoms with Gasteiger partial charge in [0.05, 0.1) is 6.42 Å². The van der Waals surface area contributed by atoms with Crippen LogP contribution in [0.4, 0.5) is 9.18 Å². The van der Waals surface area contributed by atoms with Gasteiger partial charge in [0.15, 0.2) is 0 Å². The van der Waals surface area contributed by atoms with Gasteiger partial charge in [-0.05, 0) is 30.3 Å². The molecular formula is C15H13FN2O4. The van der Waals surface area contributed by atoms with Crippen molar-refractivity contribution in [1.82, 2.24) is 5.06 Å². The second-order valence-corrected chi connectivity index (χ2v) is 4.20. The van der Waals surface area contributed by atoms with Gasteiger partial charge in [-0.3, -0.25) is 5.21 Å². The number of nitrogens with two attached hydrogens (primary N) is 1. The van der Waals surface area contributed by atoms with E-state index in [0.717, 1.165) is 0 Å². The van der Waals surface area contributed by atoms with Crippen molar-refractivity contribution >= 4 is 6.03 Å². The maximum atomic E-state index is 12.8. The highest BCUT2D eigenvalue weighted by molar-refractivity contribution is 5.70. The summed E-state index contributed by atoms with van der Waals surface area (Å²) in [6.45, 7) is -0.186. The van der Waals surface area contributed by atoms with E-state index in [4.69, 9.17) is 20.1 Å². The fourth-order valence-corrected chi connectivity index (χ4v) is 1.49. The summed E-state index contributed by atoms with van der Waals surface area (Å²) in [6.07, 6.45) is 0.277. The van der Waals surface area contributed by atoms with Crippen molar-refractivity contribution in [3.05, 3.63) is 48.0 Å². The molecule has 1 aromatic carbocycles. The van der Waals surface area contributed by atoms with Gasteiger partial charge in [-0.25, -0.2) is 9.18 Å². The van der Waals surface area contributed by atoms with Crippen molar-refractivity contribution < 1.29 is 23.5 Å². The predicted molar refractivity (Wildman–Crippen MR) is 74.7 cm³/mol. The molecule has 0 fully saturated rings. The van der Waals surface area contributed by atoms with E-state index in [-0.39, 0.29) is 24.7 Å². The molecule has 114 valence electrons. The highest BCUT2D eigenvalue weighted by Gasteiger charge is 2.04. The van der Waals surface area contributed by atoms with Crippen molar-refractivity contribution in [1.29, 1.82) is 0 Å². The average Bonchev–Trinajstić information content (AvgIpc) is 2.93. The van der Waals surface area contributed by atoms with E-state index >= 15 is 0 Å². The Bertz CT molecular complexity index is 700. The molecule has 0 unspecified atom stereocenters. The number of halogens is 1. The van der Waals surface area contributed by atoms with Crippen molar-refractivity contribution in [3.63, 3.8) is 0 Å². The van der Waals surface area contributed by atoms with Gasteiger partial charge in [0.25, 0.3) is 5.95 Å². The predicted octanol–water partition coefficient (Wildman–Crippen LogP) is 2.53. The molecule has 6 nitrogen and oxygen atoms in total. The second kappa shape index (κ2) is 7.15. The highest BCUT2D eigenvalue weighted by atomic mass is 19.1. The number of ether oxygens (including phenoxy) is 1. The van der Waals surface area contributed by atoms with Gasteiger partial charge < -0.3 is 14.9 Å². The zero-order chi connectivity index (χ0) is 15.9. The van der Waals surface area contributed by atoms with E-state index < -0.39 is 6.03 Å². The van der Waals surface area contributed by atoms with E-state index in [1.807, 2.05) is 0 Å². The Balaban J connectivity index is 1.88. The summed E-state index contributed by atoms with van der Waals surface area (Å²) in [5.74, 6) is 6.18. The van der Waals surface area contributed by atoms with Gasteiger partial charge in [-0.1, -0.05) is 11.8 Å². The summed E-state index contributed by atoms with van der Waals surface area (Å²) in [6, 6.07) is 7.85. The lowest BCUT2D eigenvalue weighted by Crippen LogP contribution is -2.32. The molecule has 3 N–H and O–H groups in total. The van der Waals surface area contributed by atoms with Crippen molar-refractivity contribution in [2.45, 2.75) is 6.42 Å². The Labute approximate surface area is 125 Å². The lowest BCUT2D eigenvalue weighted by atomic mass is 10.3. The first kappa shape index (κ1) is 15.4. The third kappa shape index (κ3) is 4.54. The zero-order valence-electron chi connectivity index (χ0n) is 11.5. The fraction of sp³-hybridized carbons (Fsp3) is 0.133. The van der Waals surface area contributed by atoms with Crippen LogP contribution in [0.25, 0.3) is 0 Å². The number of nitrogens with zero attached hydrogens (tertiary/aromatic N) is 1. The molecule has 1 aromatic heterocycles. The van der Waals surface area contributed by atoms with E-state index in [2.05, 4.69) is 11.8 Å². The normalized spacial score (nSPS) is 9.73. The molecule has 2 amide bonds. The molecule has 0 saturated heterocycles. The summed E-state index contributed by atoms with van der Waals surface area (Å²) >= 11 is 0. The molecule has 0 aliphatic heterocycles. The number of hydroxylamine groups is 2. The molecule has 0 radical (unpaired) electrons. The minimum Gasteiger partial charge on any atom is -0.429 e. The van der Waals surface area contributed by atoms with E-state index in [9.17, 15) is 9.18 Å². The first-order chi connectivity index (χ1) is 10.5. The lowest BCUT2D eigenvalue weighted by molar-refractivity contribution is -0.0269. The molecule has 2 rings (SSSR count). The highest BCUT2D eigenvalue weighted by Crippen LogP contribution is 2.23. The van der Waals surface area contributed by atoms with E-state index in [1.54, 1.807) is 12.1 Å². The minimum absolute atomic E-state index is 0.186. The number of furan rings is 1. The van der Waals surface area contributed by atoms with Crippen LogP contribution in [0.3, 0.4) is 0 Å². The standard InChI is InChI=1S/C15H13FN2O4/c16-11-4-6-13(7-5-11)22-14-9-8-12(21-14)3-1-2-10-18(20)15(17)19/h4-9,20H,3,10H2,(H2,17,19). The number of primary amides is 1. The Hall–Kier alpha value is -2.98. The van der Waals surface area contributed by atoms with Crippen molar-refractivity contribution in [3.8, 4) is 23.5 Å². The van der Waals surface area contributed by atoms with Crippen molar-refractivity contribution in [2.75, 3.05) is 6.54 Å². The first-order valence-corrected chi connectivity index (χ1v) is 6.28. The number of rotatable bonds is 4. The summed E-state index contributed by atoms with van der Waals surface area (Å²) in [7, 11) is 0. The number of carbonyl (C=O) groups excluding carboxylic acids is 1. The second-order valence-electron chi connectivity index (χ2n) is 4.20. The van der Waals surface area contributed by atoms with Crippen LogP contribution in [0.2, 0.25) is 0 Å². The minimum atomic E-state index is -0.970. The fourth-order valence-electron chi connectivity index (χ4n) is 1.49. The van der Waals surface area contributed by atoms with Gasteiger partial charge in [-0.15, -0.1) is 0 Å². The summed E-state index contributed by atoms with van der Waals surface area (Å²) < 4.78 is 23.6. The van der Waals surface area contributed by atoms with Crippen LogP contribution in [-0.2, 0) is 6.42 Å². The summed E-state index contributed by atoms with van der Waals surface area (Å²) in [5.41, 5.74) is 4.83.